The number of rotatable bonds is 10. The molecule has 0 spiro atoms. The van der Waals surface area contributed by atoms with Crippen molar-refractivity contribution in [3.8, 4) is 0 Å². The summed E-state index contributed by atoms with van der Waals surface area (Å²) in [5.41, 5.74) is 6.15. The Morgan fingerprint density at radius 1 is 1.00 bits per heavy atom. The average molecular weight is 259 g/mol. The predicted molar refractivity (Wildman–Crippen MR) is 72.7 cm³/mol. The maximum absolute atomic E-state index is 6.15. The van der Waals surface area contributed by atoms with Crippen LogP contribution in [-0.4, -0.2) is 46.2 Å². The second-order valence-electron chi connectivity index (χ2n) is 5.10. The van der Waals surface area contributed by atoms with Crippen molar-refractivity contribution in [1.82, 2.24) is 0 Å². The SMILES string of the molecule is COCCCOCCOCC(N)C1CCCCC1. The minimum Gasteiger partial charge on any atom is -0.385 e. The van der Waals surface area contributed by atoms with Crippen LogP contribution < -0.4 is 5.73 Å². The molecular formula is C14H29NO3. The van der Waals surface area contributed by atoms with Gasteiger partial charge in [-0.3, -0.25) is 0 Å². The van der Waals surface area contributed by atoms with Crippen molar-refractivity contribution >= 4 is 0 Å². The summed E-state index contributed by atoms with van der Waals surface area (Å²) in [6.07, 6.45) is 7.54. The third-order valence-corrected chi connectivity index (χ3v) is 3.57. The fourth-order valence-electron chi connectivity index (χ4n) is 2.44. The Labute approximate surface area is 111 Å². The van der Waals surface area contributed by atoms with E-state index in [4.69, 9.17) is 19.9 Å². The first-order chi connectivity index (χ1) is 8.84. The zero-order valence-corrected chi connectivity index (χ0v) is 11.7. The lowest BCUT2D eigenvalue weighted by atomic mass is 9.84. The minimum atomic E-state index is 0.207. The molecule has 1 aliphatic carbocycles. The molecule has 0 amide bonds. The van der Waals surface area contributed by atoms with Crippen LogP contribution in [0.25, 0.3) is 0 Å². The van der Waals surface area contributed by atoms with E-state index < -0.39 is 0 Å². The Kier molecular flexibility index (Phi) is 9.48. The predicted octanol–water partition coefficient (Wildman–Crippen LogP) is 1.96. The lowest BCUT2D eigenvalue weighted by Gasteiger charge is -2.27. The van der Waals surface area contributed by atoms with E-state index in [1.54, 1.807) is 7.11 Å². The number of methoxy groups -OCH3 is 1. The monoisotopic (exact) mass is 259 g/mol. The van der Waals surface area contributed by atoms with E-state index in [-0.39, 0.29) is 6.04 Å². The lowest BCUT2D eigenvalue weighted by molar-refractivity contribution is 0.0289. The van der Waals surface area contributed by atoms with Crippen molar-refractivity contribution in [1.29, 1.82) is 0 Å². The van der Waals surface area contributed by atoms with Gasteiger partial charge >= 0.3 is 0 Å². The zero-order chi connectivity index (χ0) is 13.1. The Balaban J connectivity index is 1.87. The molecule has 2 N–H and O–H groups in total. The van der Waals surface area contributed by atoms with Gasteiger partial charge in [-0.15, -0.1) is 0 Å². The van der Waals surface area contributed by atoms with Gasteiger partial charge in [0.1, 0.15) is 0 Å². The summed E-state index contributed by atoms with van der Waals surface area (Å²) in [5, 5.41) is 0. The Hall–Kier alpha value is -0.160. The molecule has 1 fully saturated rings. The van der Waals surface area contributed by atoms with Crippen molar-refractivity contribution in [3.05, 3.63) is 0 Å². The van der Waals surface area contributed by atoms with Crippen LogP contribution in [0.1, 0.15) is 38.5 Å². The Morgan fingerprint density at radius 2 is 1.72 bits per heavy atom. The van der Waals surface area contributed by atoms with E-state index in [2.05, 4.69) is 0 Å². The first-order valence-corrected chi connectivity index (χ1v) is 7.24. The first kappa shape index (κ1) is 15.9. The van der Waals surface area contributed by atoms with Crippen LogP contribution in [0, 0.1) is 5.92 Å². The van der Waals surface area contributed by atoms with Crippen molar-refractivity contribution in [3.63, 3.8) is 0 Å². The average Bonchev–Trinajstić information content (AvgIpc) is 2.42. The van der Waals surface area contributed by atoms with Crippen molar-refractivity contribution in [2.75, 3.05) is 40.1 Å². The summed E-state index contributed by atoms with van der Waals surface area (Å²) in [6.45, 7) is 3.47. The third kappa shape index (κ3) is 7.31. The quantitative estimate of drug-likeness (QED) is 0.609. The molecule has 0 aromatic rings. The van der Waals surface area contributed by atoms with E-state index >= 15 is 0 Å². The van der Waals surface area contributed by atoms with Crippen molar-refractivity contribution < 1.29 is 14.2 Å². The molecule has 0 heterocycles. The first-order valence-electron chi connectivity index (χ1n) is 7.24. The highest BCUT2D eigenvalue weighted by Crippen LogP contribution is 2.25. The van der Waals surface area contributed by atoms with Crippen LogP contribution in [0.4, 0.5) is 0 Å². The zero-order valence-electron chi connectivity index (χ0n) is 11.7. The summed E-state index contributed by atoms with van der Waals surface area (Å²) < 4.78 is 15.9. The molecule has 4 heteroatoms. The standard InChI is InChI=1S/C14H29NO3/c1-16-8-5-9-17-10-11-18-12-14(15)13-6-3-2-4-7-13/h13-14H,2-12,15H2,1H3. The molecular weight excluding hydrogens is 230 g/mol. The molecule has 1 unspecified atom stereocenters. The van der Waals surface area contributed by atoms with E-state index in [1.165, 1.54) is 32.1 Å². The van der Waals surface area contributed by atoms with Gasteiger partial charge < -0.3 is 19.9 Å². The smallest absolute Gasteiger partial charge is 0.0701 e. The molecule has 0 aliphatic heterocycles. The molecule has 1 atom stereocenters. The van der Waals surface area contributed by atoms with Crippen molar-refractivity contribution in [2.24, 2.45) is 11.7 Å². The fourth-order valence-corrected chi connectivity index (χ4v) is 2.44. The van der Waals surface area contributed by atoms with E-state index in [0.717, 1.165) is 19.6 Å². The normalized spacial score (nSPS) is 19.0. The fraction of sp³-hybridized carbons (Fsp3) is 1.00. The van der Waals surface area contributed by atoms with Crippen LogP contribution in [0.2, 0.25) is 0 Å². The third-order valence-electron chi connectivity index (χ3n) is 3.57. The summed E-state index contributed by atoms with van der Waals surface area (Å²) in [4.78, 5) is 0. The molecule has 1 saturated carbocycles. The minimum absolute atomic E-state index is 0.207. The molecule has 4 nitrogen and oxygen atoms in total. The molecule has 0 radical (unpaired) electrons. The van der Waals surface area contributed by atoms with Crippen LogP contribution in [0.15, 0.2) is 0 Å². The summed E-state index contributed by atoms with van der Waals surface area (Å²) in [7, 11) is 1.70. The van der Waals surface area contributed by atoms with Gasteiger partial charge in [0, 0.05) is 26.4 Å². The second kappa shape index (κ2) is 10.7. The van der Waals surface area contributed by atoms with E-state index in [9.17, 15) is 0 Å². The van der Waals surface area contributed by atoms with Crippen LogP contribution in [0.5, 0.6) is 0 Å². The van der Waals surface area contributed by atoms with Crippen LogP contribution in [0.3, 0.4) is 0 Å². The van der Waals surface area contributed by atoms with Gasteiger partial charge in [-0.05, 0) is 25.2 Å². The van der Waals surface area contributed by atoms with Gasteiger partial charge in [0.05, 0.1) is 19.8 Å². The molecule has 0 aromatic carbocycles. The van der Waals surface area contributed by atoms with Gasteiger partial charge in [-0.25, -0.2) is 0 Å². The molecule has 18 heavy (non-hydrogen) atoms. The van der Waals surface area contributed by atoms with E-state index in [0.29, 0.717) is 25.7 Å². The maximum atomic E-state index is 6.15. The lowest BCUT2D eigenvalue weighted by Crippen LogP contribution is -2.36. The Morgan fingerprint density at radius 3 is 2.44 bits per heavy atom. The van der Waals surface area contributed by atoms with Crippen LogP contribution in [-0.2, 0) is 14.2 Å². The summed E-state index contributed by atoms with van der Waals surface area (Å²) >= 11 is 0. The second-order valence-corrected chi connectivity index (χ2v) is 5.10. The van der Waals surface area contributed by atoms with Gasteiger partial charge in [0.25, 0.3) is 0 Å². The van der Waals surface area contributed by atoms with Gasteiger partial charge in [0.2, 0.25) is 0 Å². The van der Waals surface area contributed by atoms with Gasteiger partial charge in [-0.1, -0.05) is 19.3 Å². The summed E-state index contributed by atoms with van der Waals surface area (Å²) in [5.74, 6) is 0.668. The van der Waals surface area contributed by atoms with Gasteiger partial charge in [-0.2, -0.15) is 0 Å². The Bertz CT molecular complexity index is 184. The number of hydrogen-bond acceptors (Lipinski definition) is 4. The number of hydrogen-bond donors (Lipinski definition) is 1. The van der Waals surface area contributed by atoms with E-state index in [1.807, 2.05) is 0 Å². The highest BCUT2D eigenvalue weighted by atomic mass is 16.5. The highest BCUT2D eigenvalue weighted by Gasteiger charge is 2.20. The largest absolute Gasteiger partial charge is 0.385 e. The number of ether oxygens (including phenoxy) is 3. The van der Waals surface area contributed by atoms with Gasteiger partial charge in [0.15, 0.2) is 0 Å². The molecule has 108 valence electrons. The molecule has 0 saturated heterocycles. The van der Waals surface area contributed by atoms with Crippen molar-refractivity contribution in [2.45, 2.75) is 44.6 Å². The molecule has 1 rings (SSSR count). The molecule has 0 aromatic heterocycles. The summed E-state index contributed by atoms with van der Waals surface area (Å²) in [6, 6.07) is 0.207. The highest BCUT2D eigenvalue weighted by molar-refractivity contribution is 4.75. The number of nitrogens with two attached hydrogens (primary N) is 1. The van der Waals surface area contributed by atoms with Crippen LogP contribution >= 0.6 is 0 Å². The topological polar surface area (TPSA) is 53.7 Å². The molecule has 1 aliphatic rings. The molecule has 0 bridgehead atoms. The maximum Gasteiger partial charge on any atom is 0.0701 e.